The van der Waals surface area contributed by atoms with Crippen molar-refractivity contribution in [2.75, 3.05) is 38.7 Å². The molecule has 2 aromatic carbocycles. The summed E-state index contributed by atoms with van der Waals surface area (Å²) in [5.74, 6) is 0.782. The number of benzene rings is 2. The minimum absolute atomic E-state index is 0.107. The highest BCUT2D eigenvalue weighted by molar-refractivity contribution is 5.96. The molecule has 1 unspecified atom stereocenters. The van der Waals surface area contributed by atoms with Crippen LogP contribution in [0, 0.1) is 10.1 Å². The molecule has 2 heterocycles. The van der Waals surface area contributed by atoms with Crippen LogP contribution in [0.25, 0.3) is 11.0 Å². The fourth-order valence-electron chi connectivity index (χ4n) is 3.99. The van der Waals surface area contributed by atoms with Gasteiger partial charge in [-0.3, -0.25) is 14.9 Å². The Morgan fingerprint density at radius 2 is 2.19 bits per heavy atom. The Hall–Kier alpha value is -3.46. The van der Waals surface area contributed by atoms with E-state index >= 15 is 0 Å². The predicted molar refractivity (Wildman–Crippen MR) is 117 cm³/mol. The van der Waals surface area contributed by atoms with Crippen molar-refractivity contribution in [3.63, 3.8) is 0 Å². The molecule has 3 aromatic rings. The fourth-order valence-corrected chi connectivity index (χ4v) is 3.99. The molecule has 1 amide bonds. The Labute approximate surface area is 179 Å². The average molecular weight is 423 g/mol. The maximum absolute atomic E-state index is 13.1. The van der Waals surface area contributed by atoms with Crippen molar-refractivity contribution in [3.8, 4) is 0 Å². The standard InChI is InChI=1S/C22H25N5O4/c1-31-12-10-23-19-9-8-15(13-20(19)27(29)30)22(28)26-11-4-5-16(14-26)21-24-17-6-2-3-7-18(17)25-21/h2-3,6-9,13,16,23H,4-5,10-12,14H2,1H3,(H,24,25). The second-order valence-electron chi connectivity index (χ2n) is 7.64. The van der Waals surface area contributed by atoms with Gasteiger partial charge in [0.25, 0.3) is 11.6 Å². The number of nitro benzene ring substituents is 1. The lowest BCUT2D eigenvalue weighted by Gasteiger charge is -2.32. The summed E-state index contributed by atoms with van der Waals surface area (Å²) in [5, 5.41) is 14.5. The van der Waals surface area contributed by atoms with Gasteiger partial charge in [-0.15, -0.1) is 0 Å². The summed E-state index contributed by atoms with van der Waals surface area (Å²) in [6.07, 6.45) is 1.79. The largest absolute Gasteiger partial charge is 0.383 e. The van der Waals surface area contributed by atoms with Gasteiger partial charge in [0, 0.05) is 44.3 Å². The molecule has 1 saturated heterocycles. The number of anilines is 1. The number of carbonyl (C=O) groups excluding carboxylic acids is 1. The summed E-state index contributed by atoms with van der Waals surface area (Å²) in [6.45, 7) is 2.02. The SMILES string of the molecule is COCCNc1ccc(C(=O)N2CCCC(c3nc4ccccc4[nH]3)C2)cc1[N+](=O)[O-]. The number of hydrogen-bond donors (Lipinski definition) is 2. The van der Waals surface area contributed by atoms with E-state index in [9.17, 15) is 14.9 Å². The first-order chi connectivity index (χ1) is 15.1. The molecule has 0 aliphatic carbocycles. The zero-order valence-corrected chi connectivity index (χ0v) is 17.3. The van der Waals surface area contributed by atoms with Gasteiger partial charge in [-0.05, 0) is 37.1 Å². The van der Waals surface area contributed by atoms with Gasteiger partial charge < -0.3 is 19.9 Å². The van der Waals surface area contributed by atoms with E-state index in [2.05, 4.69) is 15.3 Å². The summed E-state index contributed by atoms with van der Waals surface area (Å²) in [4.78, 5) is 34.0. The highest BCUT2D eigenvalue weighted by Gasteiger charge is 2.28. The van der Waals surface area contributed by atoms with Crippen molar-refractivity contribution in [2.45, 2.75) is 18.8 Å². The van der Waals surface area contributed by atoms with Crippen molar-refractivity contribution < 1.29 is 14.5 Å². The van der Waals surface area contributed by atoms with Crippen molar-refractivity contribution >= 4 is 28.3 Å². The molecule has 0 radical (unpaired) electrons. The number of H-pyrrole nitrogens is 1. The van der Waals surface area contributed by atoms with E-state index in [0.29, 0.717) is 37.5 Å². The van der Waals surface area contributed by atoms with E-state index in [1.165, 1.54) is 6.07 Å². The number of methoxy groups -OCH3 is 1. The third-order valence-corrected chi connectivity index (χ3v) is 5.57. The van der Waals surface area contributed by atoms with E-state index in [4.69, 9.17) is 4.74 Å². The number of hydrogen-bond acceptors (Lipinski definition) is 6. The van der Waals surface area contributed by atoms with Crippen LogP contribution in [0.5, 0.6) is 0 Å². The molecular formula is C22H25N5O4. The molecule has 9 heteroatoms. The Balaban J connectivity index is 1.51. The number of imidazole rings is 1. The topological polar surface area (TPSA) is 113 Å². The lowest BCUT2D eigenvalue weighted by molar-refractivity contribution is -0.384. The zero-order chi connectivity index (χ0) is 21.8. The molecule has 162 valence electrons. The average Bonchev–Trinajstić information content (AvgIpc) is 3.23. The predicted octanol–water partition coefficient (Wildman–Crippen LogP) is 3.55. The van der Waals surface area contributed by atoms with Gasteiger partial charge in [0.1, 0.15) is 11.5 Å². The Bertz CT molecular complexity index is 1060. The summed E-state index contributed by atoms with van der Waals surface area (Å²) in [5.41, 5.74) is 2.46. The number of ether oxygens (including phenoxy) is 1. The number of nitrogens with one attached hydrogen (secondary N) is 2. The molecule has 1 fully saturated rings. The van der Waals surface area contributed by atoms with E-state index in [1.54, 1.807) is 24.1 Å². The van der Waals surface area contributed by atoms with Crippen molar-refractivity contribution in [1.82, 2.24) is 14.9 Å². The molecule has 0 bridgehead atoms. The number of nitrogens with zero attached hydrogens (tertiary/aromatic N) is 3. The molecule has 4 rings (SSSR count). The van der Waals surface area contributed by atoms with Crippen LogP contribution >= 0.6 is 0 Å². The van der Waals surface area contributed by atoms with Crippen molar-refractivity contribution in [1.29, 1.82) is 0 Å². The molecule has 9 nitrogen and oxygen atoms in total. The number of aromatic nitrogens is 2. The fraction of sp³-hybridized carbons (Fsp3) is 0.364. The van der Waals surface area contributed by atoms with Gasteiger partial charge in [0.2, 0.25) is 0 Å². The van der Waals surface area contributed by atoms with Gasteiger partial charge in [-0.2, -0.15) is 0 Å². The minimum atomic E-state index is -0.473. The number of amides is 1. The van der Waals surface area contributed by atoms with E-state index in [-0.39, 0.29) is 17.5 Å². The van der Waals surface area contributed by atoms with Crippen LogP contribution in [0.3, 0.4) is 0 Å². The normalized spacial score (nSPS) is 16.4. The molecule has 1 aromatic heterocycles. The summed E-state index contributed by atoms with van der Waals surface area (Å²) >= 11 is 0. The summed E-state index contributed by atoms with van der Waals surface area (Å²) in [7, 11) is 1.56. The first-order valence-electron chi connectivity index (χ1n) is 10.3. The van der Waals surface area contributed by atoms with Gasteiger partial charge in [-0.1, -0.05) is 12.1 Å². The van der Waals surface area contributed by atoms with E-state index in [0.717, 1.165) is 29.7 Å². The molecule has 0 saturated carbocycles. The maximum Gasteiger partial charge on any atom is 0.293 e. The monoisotopic (exact) mass is 423 g/mol. The van der Waals surface area contributed by atoms with Crippen molar-refractivity contribution in [3.05, 3.63) is 64.0 Å². The van der Waals surface area contributed by atoms with Crippen LogP contribution in [-0.4, -0.2) is 59.0 Å². The number of aromatic amines is 1. The Morgan fingerprint density at radius 1 is 1.35 bits per heavy atom. The molecule has 0 spiro atoms. The minimum Gasteiger partial charge on any atom is -0.383 e. The first kappa shape index (κ1) is 20.8. The van der Waals surface area contributed by atoms with E-state index < -0.39 is 4.92 Å². The van der Waals surface area contributed by atoms with Crippen molar-refractivity contribution in [2.24, 2.45) is 0 Å². The van der Waals surface area contributed by atoms with Crippen LogP contribution in [-0.2, 0) is 4.74 Å². The summed E-state index contributed by atoms with van der Waals surface area (Å²) < 4.78 is 4.97. The third kappa shape index (κ3) is 4.51. The van der Waals surface area contributed by atoms with Crippen LogP contribution in [0.1, 0.15) is 34.9 Å². The quantitative estimate of drug-likeness (QED) is 0.341. The zero-order valence-electron chi connectivity index (χ0n) is 17.3. The third-order valence-electron chi connectivity index (χ3n) is 5.57. The van der Waals surface area contributed by atoms with Crippen LogP contribution in [0.15, 0.2) is 42.5 Å². The highest BCUT2D eigenvalue weighted by atomic mass is 16.6. The van der Waals surface area contributed by atoms with Crippen LogP contribution < -0.4 is 5.32 Å². The number of rotatable bonds is 7. The molecule has 1 atom stereocenters. The smallest absolute Gasteiger partial charge is 0.293 e. The molecule has 31 heavy (non-hydrogen) atoms. The number of likely N-dealkylation sites (tertiary alicyclic amines) is 1. The number of nitro groups is 1. The number of fused-ring (bicyclic) bond motifs is 1. The second-order valence-corrected chi connectivity index (χ2v) is 7.64. The molecule has 2 N–H and O–H groups in total. The van der Waals surface area contributed by atoms with Crippen LogP contribution in [0.2, 0.25) is 0 Å². The molecule has 1 aliphatic rings. The van der Waals surface area contributed by atoms with E-state index in [1.807, 2.05) is 24.3 Å². The molecule has 1 aliphatic heterocycles. The number of carbonyl (C=O) groups is 1. The second kappa shape index (κ2) is 9.13. The van der Waals surface area contributed by atoms with Gasteiger partial charge in [0.15, 0.2) is 0 Å². The van der Waals surface area contributed by atoms with Gasteiger partial charge >= 0.3 is 0 Å². The lowest BCUT2D eigenvalue weighted by Crippen LogP contribution is -2.39. The Morgan fingerprint density at radius 3 is 2.97 bits per heavy atom. The number of para-hydroxylation sites is 2. The van der Waals surface area contributed by atoms with Gasteiger partial charge in [-0.25, -0.2) is 4.98 Å². The molecular weight excluding hydrogens is 398 g/mol. The van der Waals surface area contributed by atoms with Gasteiger partial charge in [0.05, 0.1) is 22.6 Å². The Kier molecular flexibility index (Phi) is 6.13. The first-order valence-corrected chi connectivity index (χ1v) is 10.3. The number of piperidine rings is 1. The summed E-state index contributed by atoms with van der Waals surface area (Å²) in [6, 6.07) is 12.4. The van der Waals surface area contributed by atoms with Crippen LogP contribution in [0.4, 0.5) is 11.4 Å². The highest BCUT2D eigenvalue weighted by Crippen LogP contribution is 2.30. The lowest BCUT2D eigenvalue weighted by atomic mass is 9.96. The maximum atomic E-state index is 13.1.